The highest BCUT2D eigenvalue weighted by molar-refractivity contribution is 7.92. The predicted octanol–water partition coefficient (Wildman–Crippen LogP) is 2.31. The smallest absolute Gasteiger partial charge is 0.312 e. The van der Waals surface area contributed by atoms with Gasteiger partial charge in [-0.25, -0.2) is 8.42 Å². The van der Waals surface area contributed by atoms with Crippen LogP contribution in [0, 0.1) is 10.1 Å². The first-order valence-electron chi connectivity index (χ1n) is 9.16. The van der Waals surface area contributed by atoms with Crippen LogP contribution in [0.4, 0.5) is 11.4 Å². The maximum Gasteiger partial charge on any atom is 0.312 e. The van der Waals surface area contributed by atoms with Crippen molar-refractivity contribution in [3.05, 3.63) is 58.1 Å². The summed E-state index contributed by atoms with van der Waals surface area (Å²) in [4.78, 5) is 22.7. The van der Waals surface area contributed by atoms with Gasteiger partial charge in [0.05, 0.1) is 34.3 Å². The van der Waals surface area contributed by atoms with Crippen LogP contribution in [-0.2, 0) is 14.8 Å². The van der Waals surface area contributed by atoms with Crippen LogP contribution in [0.1, 0.15) is 23.2 Å². The van der Waals surface area contributed by atoms with Crippen LogP contribution in [0.3, 0.4) is 0 Å². The third-order valence-electron chi connectivity index (χ3n) is 4.59. The molecule has 1 atom stereocenters. The number of hydrogen-bond donors (Lipinski definition) is 2. The van der Waals surface area contributed by atoms with E-state index in [-0.39, 0.29) is 28.0 Å². The Morgan fingerprint density at radius 2 is 2.07 bits per heavy atom. The maximum absolute atomic E-state index is 12.8. The fraction of sp³-hybridized carbons (Fsp3) is 0.316. The molecule has 1 aliphatic rings. The second-order valence-electron chi connectivity index (χ2n) is 6.59. The largest absolute Gasteiger partial charge is 0.490 e. The lowest BCUT2D eigenvalue weighted by Crippen LogP contribution is -2.32. The molecule has 0 aliphatic carbocycles. The molecule has 0 aromatic heterocycles. The first-order chi connectivity index (χ1) is 14.3. The fourth-order valence-corrected chi connectivity index (χ4v) is 4.16. The number of carbonyl (C=O) groups is 1. The molecular formula is C19H21N3O7S. The highest BCUT2D eigenvalue weighted by atomic mass is 32.2. The molecule has 11 heteroatoms. The van der Waals surface area contributed by atoms with Crippen LogP contribution in [-0.4, -0.2) is 45.6 Å². The number of sulfonamides is 1. The molecule has 1 aliphatic heterocycles. The van der Waals surface area contributed by atoms with Gasteiger partial charge in [0.2, 0.25) is 0 Å². The third kappa shape index (κ3) is 4.86. The van der Waals surface area contributed by atoms with Gasteiger partial charge >= 0.3 is 5.69 Å². The normalized spacial score (nSPS) is 16.1. The van der Waals surface area contributed by atoms with Gasteiger partial charge in [-0.3, -0.25) is 19.6 Å². The van der Waals surface area contributed by atoms with Crippen molar-refractivity contribution >= 4 is 27.3 Å². The minimum Gasteiger partial charge on any atom is -0.490 e. The summed E-state index contributed by atoms with van der Waals surface area (Å²) in [5.74, 6) is -0.516. The van der Waals surface area contributed by atoms with E-state index in [1.165, 1.54) is 31.4 Å². The SMILES string of the molecule is COc1ccc(S(=O)(=O)Nc2ccccc2C(=O)NC[C@H]2CCCO2)cc1[N+](=O)[O-]. The van der Waals surface area contributed by atoms with Crippen LogP contribution < -0.4 is 14.8 Å². The van der Waals surface area contributed by atoms with Gasteiger partial charge in [-0.2, -0.15) is 0 Å². The Morgan fingerprint density at radius 3 is 2.73 bits per heavy atom. The topological polar surface area (TPSA) is 137 Å². The summed E-state index contributed by atoms with van der Waals surface area (Å²) >= 11 is 0. The summed E-state index contributed by atoms with van der Waals surface area (Å²) in [6.45, 7) is 0.982. The zero-order valence-electron chi connectivity index (χ0n) is 16.2. The quantitative estimate of drug-likeness (QED) is 0.479. The number of anilines is 1. The summed E-state index contributed by atoms with van der Waals surface area (Å²) < 4.78 is 38.3. The lowest BCUT2D eigenvalue weighted by Gasteiger charge is -2.14. The minimum absolute atomic E-state index is 0.0563. The summed E-state index contributed by atoms with van der Waals surface area (Å²) in [5, 5.41) is 13.9. The number of hydrogen-bond acceptors (Lipinski definition) is 7. The minimum atomic E-state index is -4.20. The van der Waals surface area contributed by atoms with Crippen molar-refractivity contribution < 1.29 is 27.6 Å². The first-order valence-corrected chi connectivity index (χ1v) is 10.6. The molecule has 0 unspecified atom stereocenters. The first kappa shape index (κ1) is 21.5. The molecule has 1 fully saturated rings. The molecular weight excluding hydrogens is 414 g/mol. The van der Waals surface area contributed by atoms with E-state index in [1.54, 1.807) is 12.1 Å². The molecule has 2 N–H and O–H groups in total. The third-order valence-corrected chi connectivity index (χ3v) is 5.95. The monoisotopic (exact) mass is 435 g/mol. The number of methoxy groups -OCH3 is 1. The lowest BCUT2D eigenvalue weighted by atomic mass is 10.1. The summed E-state index contributed by atoms with van der Waals surface area (Å²) in [6.07, 6.45) is 1.73. The molecule has 160 valence electrons. The Hall–Kier alpha value is -3.18. The zero-order valence-corrected chi connectivity index (χ0v) is 17.0. The molecule has 2 aromatic rings. The highest BCUT2D eigenvalue weighted by Crippen LogP contribution is 2.30. The van der Waals surface area contributed by atoms with Crippen LogP contribution in [0.2, 0.25) is 0 Å². The second kappa shape index (κ2) is 9.09. The van der Waals surface area contributed by atoms with Crippen molar-refractivity contribution in [3.63, 3.8) is 0 Å². The number of benzene rings is 2. The van der Waals surface area contributed by atoms with Gasteiger partial charge in [-0.1, -0.05) is 12.1 Å². The molecule has 0 radical (unpaired) electrons. The Kier molecular flexibility index (Phi) is 6.53. The van der Waals surface area contributed by atoms with Crippen LogP contribution in [0.15, 0.2) is 47.4 Å². The van der Waals surface area contributed by atoms with Crippen molar-refractivity contribution in [1.82, 2.24) is 5.32 Å². The number of nitrogens with zero attached hydrogens (tertiary/aromatic N) is 1. The molecule has 1 saturated heterocycles. The van der Waals surface area contributed by atoms with Crippen molar-refractivity contribution in [3.8, 4) is 5.75 Å². The van der Waals surface area contributed by atoms with Crippen LogP contribution in [0.5, 0.6) is 5.75 Å². The maximum atomic E-state index is 12.8. The van der Waals surface area contributed by atoms with Gasteiger partial charge in [-0.05, 0) is 37.1 Å². The highest BCUT2D eigenvalue weighted by Gasteiger charge is 2.24. The average Bonchev–Trinajstić information content (AvgIpc) is 3.25. The number of nitro benzene ring substituents is 1. The summed E-state index contributed by atoms with van der Waals surface area (Å²) in [7, 11) is -2.95. The van der Waals surface area contributed by atoms with Crippen molar-refractivity contribution in [2.24, 2.45) is 0 Å². The molecule has 1 amide bonds. The zero-order chi connectivity index (χ0) is 21.7. The predicted molar refractivity (Wildman–Crippen MR) is 108 cm³/mol. The number of rotatable bonds is 8. The molecule has 2 aromatic carbocycles. The fourth-order valence-electron chi connectivity index (χ4n) is 3.06. The van der Waals surface area contributed by atoms with Gasteiger partial charge in [0.15, 0.2) is 5.75 Å². The Morgan fingerprint density at radius 1 is 1.30 bits per heavy atom. The molecule has 3 rings (SSSR count). The number of ether oxygens (including phenoxy) is 2. The van der Waals surface area contributed by atoms with E-state index in [4.69, 9.17) is 9.47 Å². The Balaban J connectivity index is 1.82. The van der Waals surface area contributed by atoms with Gasteiger partial charge in [0, 0.05) is 19.2 Å². The average molecular weight is 435 g/mol. The molecule has 10 nitrogen and oxygen atoms in total. The number of nitro groups is 1. The van der Waals surface area contributed by atoms with E-state index in [0.29, 0.717) is 13.2 Å². The van der Waals surface area contributed by atoms with Crippen molar-refractivity contribution in [2.75, 3.05) is 25.0 Å². The summed E-state index contributed by atoms with van der Waals surface area (Å²) in [6, 6.07) is 9.40. The van der Waals surface area contributed by atoms with Crippen LogP contribution in [0.25, 0.3) is 0 Å². The van der Waals surface area contributed by atoms with E-state index >= 15 is 0 Å². The van der Waals surface area contributed by atoms with E-state index in [2.05, 4.69) is 10.0 Å². The van der Waals surface area contributed by atoms with Crippen LogP contribution >= 0.6 is 0 Å². The van der Waals surface area contributed by atoms with Gasteiger partial charge in [-0.15, -0.1) is 0 Å². The van der Waals surface area contributed by atoms with Gasteiger partial charge < -0.3 is 14.8 Å². The van der Waals surface area contributed by atoms with E-state index in [9.17, 15) is 23.3 Å². The molecule has 1 heterocycles. The number of para-hydroxylation sites is 1. The number of amides is 1. The van der Waals surface area contributed by atoms with E-state index in [0.717, 1.165) is 18.9 Å². The lowest BCUT2D eigenvalue weighted by molar-refractivity contribution is -0.386. The van der Waals surface area contributed by atoms with Gasteiger partial charge in [0.1, 0.15) is 0 Å². The Bertz CT molecular complexity index is 1050. The summed E-state index contributed by atoms with van der Waals surface area (Å²) in [5.41, 5.74) is -0.300. The van der Waals surface area contributed by atoms with Crippen molar-refractivity contribution in [1.29, 1.82) is 0 Å². The van der Waals surface area contributed by atoms with E-state index < -0.39 is 26.5 Å². The van der Waals surface area contributed by atoms with Gasteiger partial charge in [0.25, 0.3) is 15.9 Å². The van der Waals surface area contributed by atoms with E-state index in [1.807, 2.05) is 0 Å². The van der Waals surface area contributed by atoms with Crippen molar-refractivity contribution in [2.45, 2.75) is 23.8 Å². The number of carbonyl (C=O) groups excluding carboxylic acids is 1. The molecule has 30 heavy (non-hydrogen) atoms. The Labute approximate surface area is 173 Å². The standard InChI is InChI=1S/C19H21N3O7S/c1-28-18-9-8-14(11-17(18)22(24)25)30(26,27)21-16-7-3-2-6-15(16)19(23)20-12-13-5-4-10-29-13/h2-3,6-9,11,13,21H,4-5,10,12H2,1H3,(H,20,23)/t13-/m1/s1. The molecule has 0 saturated carbocycles. The number of nitrogens with one attached hydrogen (secondary N) is 2. The molecule has 0 bridgehead atoms. The second-order valence-corrected chi connectivity index (χ2v) is 8.27. The molecule has 0 spiro atoms.